The standard InChI is InChI=1S/C25H42O5/c1-5-6-7-8-9-10-11-22-12-14-23(15-13-22)29-21-20-28-19-18-27-17-16-24(26)30-25(2,3)4/h12-15H,5-11,16-21H2,1-4H3. The maximum Gasteiger partial charge on any atom is 0.308 e. The first-order chi connectivity index (χ1) is 14.4. The summed E-state index contributed by atoms with van der Waals surface area (Å²) in [4.78, 5) is 11.5. The number of carbonyl (C=O) groups is 1. The Labute approximate surface area is 183 Å². The average Bonchev–Trinajstić information content (AvgIpc) is 2.69. The first kappa shape index (κ1) is 26.4. The number of aryl methyl sites for hydroxylation is 1. The van der Waals surface area contributed by atoms with E-state index in [1.165, 1.54) is 44.1 Å². The molecule has 0 aliphatic heterocycles. The van der Waals surface area contributed by atoms with Crippen LogP contribution in [0.15, 0.2) is 24.3 Å². The zero-order valence-corrected chi connectivity index (χ0v) is 19.5. The summed E-state index contributed by atoms with van der Waals surface area (Å²) in [6.07, 6.45) is 9.36. The van der Waals surface area contributed by atoms with Crippen molar-refractivity contribution in [2.45, 2.75) is 84.7 Å². The van der Waals surface area contributed by atoms with Crippen LogP contribution in [0.25, 0.3) is 0 Å². The third-order valence-electron chi connectivity index (χ3n) is 4.48. The summed E-state index contributed by atoms with van der Waals surface area (Å²) in [5.74, 6) is 0.633. The molecule has 0 saturated heterocycles. The van der Waals surface area contributed by atoms with Gasteiger partial charge in [-0.2, -0.15) is 0 Å². The van der Waals surface area contributed by atoms with Crippen molar-refractivity contribution < 1.29 is 23.7 Å². The van der Waals surface area contributed by atoms with Crippen LogP contribution < -0.4 is 4.74 Å². The van der Waals surface area contributed by atoms with E-state index >= 15 is 0 Å². The third-order valence-corrected chi connectivity index (χ3v) is 4.48. The molecule has 0 N–H and O–H groups in total. The highest BCUT2D eigenvalue weighted by Crippen LogP contribution is 2.15. The summed E-state index contributed by atoms with van der Waals surface area (Å²) in [5, 5.41) is 0. The van der Waals surface area contributed by atoms with E-state index < -0.39 is 5.60 Å². The van der Waals surface area contributed by atoms with Crippen LogP contribution in [0.2, 0.25) is 0 Å². The second-order valence-electron chi connectivity index (χ2n) is 8.57. The van der Waals surface area contributed by atoms with Gasteiger partial charge in [-0.3, -0.25) is 4.79 Å². The predicted octanol–water partition coefficient (Wildman–Crippen LogP) is 5.73. The molecular formula is C25H42O5. The molecule has 0 heterocycles. The lowest BCUT2D eigenvalue weighted by atomic mass is 10.0. The van der Waals surface area contributed by atoms with E-state index in [0.29, 0.717) is 33.0 Å². The first-order valence-corrected chi connectivity index (χ1v) is 11.5. The molecule has 1 aromatic rings. The van der Waals surface area contributed by atoms with Gasteiger partial charge in [-0.15, -0.1) is 0 Å². The van der Waals surface area contributed by atoms with E-state index in [-0.39, 0.29) is 12.4 Å². The van der Waals surface area contributed by atoms with Crippen molar-refractivity contribution in [2.75, 3.05) is 33.0 Å². The number of benzene rings is 1. The van der Waals surface area contributed by atoms with E-state index in [1.807, 2.05) is 32.9 Å². The molecule has 0 atom stereocenters. The molecular weight excluding hydrogens is 380 g/mol. The molecule has 0 amide bonds. The van der Waals surface area contributed by atoms with Crippen molar-refractivity contribution in [1.82, 2.24) is 0 Å². The lowest BCUT2D eigenvalue weighted by molar-refractivity contribution is -0.156. The maximum atomic E-state index is 11.5. The second-order valence-corrected chi connectivity index (χ2v) is 8.57. The Kier molecular flexibility index (Phi) is 14.2. The van der Waals surface area contributed by atoms with Gasteiger partial charge in [-0.25, -0.2) is 0 Å². The monoisotopic (exact) mass is 422 g/mol. The largest absolute Gasteiger partial charge is 0.491 e. The average molecular weight is 423 g/mol. The third kappa shape index (κ3) is 15.3. The van der Waals surface area contributed by atoms with Crippen molar-refractivity contribution in [3.8, 4) is 5.75 Å². The summed E-state index contributed by atoms with van der Waals surface area (Å²) in [6, 6.07) is 8.37. The zero-order valence-electron chi connectivity index (χ0n) is 19.5. The molecule has 0 aromatic heterocycles. The second kappa shape index (κ2) is 16.1. The molecule has 0 radical (unpaired) electrons. The number of carbonyl (C=O) groups excluding carboxylic acids is 1. The number of esters is 1. The Hall–Kier alpha value is -1.59. The van der Waals surface area contributed by atoms with Gasteiger partial charge in [0.2, 0.25) is 0 Å². The minimum atomic E-state index is -0.450. The summed E-state index contributed by atoms with van der Waals surface area (Å²) >= 11 is 0. The summed E-state index contributed by atoms with van der Waals surface area (Å²) in [7, 11) is 0. The van der Waals surface area contributed by atoms with E-state index in [0.717, 1.165) is 12.2 Å². The number of hydrogen-bond acceptors (Lipinski definition) is 5. The number of ether oxygens (including phenoxy) is 4. The van der Waals surface area contributed by atoms with E-state index in [2.05, 4.69) is 19.1 Å². The topological polar surface area (TPSA) is 54.0 Å². The minimum absolute atomic E-state index is 0.241. The van der Waals surface area contributed by atoms with Crippen LogP contribution in [0.4, 0.5) is 0 Å². The Morgan fingerprint density at radius 1 is 0.800 bits per heavy atom. The molecule has 0 aliphatic carbocycles. The summed E-state index contributed by atoms with van der Waals surface area (Å²) in [5.41, 5.74) is 0.923. The molecule has 172 valence electrons. The molecule has 0 aliphatic rings. The van der Waals surface area contributed by atoms with Crippen LogP contribution in [0.5, 0.6) is 5.75 Å². The van der Waals surface area contributed by atoms with Crippen LogP contribution in [0.1, 0.15) is 78.2 Å². The van der Waals surface area contributed by atoms with Crippen LogP contribution in [-0.4, -0.2) is 44.6 Å². The van der Waals surface area contributed by atoms with Crippen molar-refractivity contribution in [2.24, 2.45) is 0 Å². The molecule has 0 spiro atoms. The van der Waals surface area contributed by atoms with Gasteiger partial charge in [0.1, 0.15) is 18.0 Å². The lowest BCUT2D eigenvalue weighted by Gasteiger charge is -2.19. The van der Waals surface area contributed by atoms with Crippen molar-refractivity contribution in [3.63, 3.8) is 0 Å². The Balaban J connectivity index is 1.97. The van der Waals surface area contributed by atoms with Gasteiger partial charge in [-0.1, -0.05) is 51.2 Å². The molecule has 30 heavy (non-hydrogen) atoms. The molecule has 0 bridgehead atoms. The molecule has 5 nitrogen and oxygen atoms in total. The van der Waals surface area contributed by atoms with Crippen LogP contribution in [-0.2, 0) is 25.4 Å². The Morgan fingerprint density at radius 3 is 2.07 bits per heavy atom. The van der Waals surface area contributed by atoms with Gasteiger partial charge >= 0.3 is 5.97 Å². The van der Waals surface area contributed by atoms with E-state index in [1.54, 1.807) is 0 Å². The van der Waals surface area contributed by atoms with Crippen LogP contribution in [0.3, 0.4) is 0 Å². The highest BCUT2D eigenvalue weighted by Gasteiger charge is 2.15. The van der Waals surface area contributed by atoms with Crippen LogP contribution in [0, 0.1) is 0 Å². The smallest absolute Gasteiger partial charge is 0.308 e. The molecule has 0 saturated carbocycles. The Morgan fingerprint density at radius 2 is 1.40 bits per heavy atom. The first-order valence-electron chi connectivity index (χ1n) is 11.5. The van der Waals surface area contributed by atoms with Crippen molar-refractivity contribution >= 4 is 5.97 Å². The van der Waals surface area contributed by atoms with Crippen molar-refractivity contribution in [1.29, 1.82) is 0 Å². The van der Waals surface area contributed by atoms with Gasteiger partial charge in [0.05, 0.1) is 32.8 Å². The molecule has 1 rings (SSSR count). The SMILES string of the molecule is CCCCCCCCc1ccc(OCCOCCOCCC(=O)OC(C)(C)C)cc1. The van der Waals surface area contributed by atoms with Crippen molar-refractivity contribution in [3.05, 3.63) is 29.8 Å². The van der Waals surface area contributed by atoms with Gasteiger partial charge in [0.15, 0.2) is 0 Å². The highest BCUT2D eigenvalue weighted by atomic mass is 16.6. The van der Waals surface area contributed by atoms with Gasteiger partial charge in [0, 0.05) is 0 Å². The highest BCUT2D eigenvalue weighted by molar-refractivity contribution is 5.69. The molecule has 0 unspecified atom stereocenters. The van der Waals surface area contributed by atoms with Gasteiger partial charge in [-0.05, 0) is 51.3 Å². The predicted molar refractivity (Wildman–Crippen MR) is 121 cm³/mol. The minimum Gasteiger partial charge on any atom is -0.491 e. The number of unbranched alkanes of at least 4 members (excludes halogenated alkanes) is 5. The molecule has 1 aromatic carbocycles. The lowest BCUT2D eigenvalue weighted by Crippen LogP contribution is -2.24. The van der Waals surface area contributed by atoms with Crippen LogP contribution >= 0.6 is 0 Å². The zero-order chi connectivity index (χ0) is 22.1. The number of rotatable bonds is 17. The fraction of sp³-hybridized carbons (Fsp3) is 0.720. The van der Waals surface area contributed by atoms with Gasteiger partial charge in [0.25, 0.3) is 0 Å². The summed E-state index contributed by atoms with van der Waals surface area (Å²) < 4.78 is 21.8. The quantitative estimate of drug-likeness (QED) is 0.237. The molecule has 5 heteroatoms. The Bertz CT molecular complexity index is 548. The van der Waals surface area contributed by atoms with E-state index in [9.17, 15) is 4.79 Å². The number of hydrogen-bond donors (Lipinski definition) is 0. The fourth-order valence-corrected chi connectivity index (χ4v) is 2.95. The van der Waals surface area contributed by atoms with E-state index in [4.69, 9.17) is 18.9 Å². The van der Waals surface area contributed by atoms with Gasteiger partial charge < -0.3 is 18.9 Å². The molecule has 0 fully saturated rings. The normalized spacial score (nSPS) is 11.5. The maximum absolute atomic E-state index is 11.5. The summed E-state index contributed by atoms with van der Waals surface area (Å²) in [6.45, 7) is 10.1. The fourth-order valence-electron chi connectivity index (χ4n) is 2.95.